The van der Waals surface area contributed by atoms with Gasteiger partial charge in [0.1, 0.15) is 28.0 Å². The second-order valence-electron chi connectivity index (χ2n) is 10.6. The Morgan fingerprint density at radius 2 is 1.93 bits per heavy atom. The van der Waals surface area contributed by atoms with E-state index in [1.807, 2.05) is 31.2 Å². The minimum Gasteiger partial charge on any atom is -0.338 e. The van der Waals surface area contributed by atoms with Crippen LogP contribution in [0.5, 0.6) is 0 Å². The van der Waals surface area contributed by atoms with Gasteiger partial charge in [-0.2, -0.15) is 5.10 Å². The molecule has 0 aliphatic heterocycles. The van der Waals surface area contributed by atoms with Gasteiger partial charge in [-0.25, -0.2) is 22.8 Å². The van der Waals surface area contributed by atoms with E-state index in [1.54, 1.807) is 30.7 Å². The average molecular weight is 613 g/mol. The lowest BCUT2D eigenvalue weighted by Crippen LogP contribution is -2.20. The molecule has 0 spiro atoms. The molecule has 0 fully saturated rings. The maximum absolute atomic E-state index is 14.7. The molecule has 5 heterocycles. The lowest BCUT2D eigenvalue weighted by molar-refractivity contribution is -0.116. The van der Waals surface area contributed by atoms with Gasteiger partial charge in [-0.15, -0.1) is 0 Å². The number of unbranched alkanes of at least 4 members (excludes halogenated alkanes) is 1. The number of carbonyl (C=O) groups excluding carboxylic acids is 1. The fourth-order valence-corrected chi connectivity index (χ4v) is 5.67. The Bertz CT molecular complexity index is 2140. The van der Waals surface area contributed by atoms with Crippen molar-refractivity contribution in [3.05, 3.63) is 78.5 Å². The second-order valence-corrected chi connectivity index (χ2v) is 12.8. The van der Waals surface area contributed by atoms with Crippen molar-refractivity contribution in [1.29, 1.82) is 0 Å². The Kier molecular flexibility index (Phi) is 7.66. The summed E-state index contributed by atoms with van der Waals surface area (Å²) in [5, 5.41) is 9.71. The molecule has 0 aliphatic rings. The summed E-state index contributed by atoms with van der Waals surface area (Å²) in [6.07, 6.45) is 8.06. The van der Waals surface area contributed by atoms with Crippen LogP contribution < -0.4 is 11.1 Å². The van der Waals surface area contributed by atoms with E-state index in [0.29, 0.717) is 62.4 Å². The number of carbonyl (C=O) groups is 1. The number of rotatable bonds is 9. The number of hydrogen-bond acceptors (Lipinski definition) is 8. The van der Waals surface area contributed by atoms with Crippen LogP contribution in [0.4, 0.5) is 10.1 Å². The third-order valence-electron chi connectivity index (χ3n) is 7.29. The number of nitrogens with two attached hydrogens (primary N) is 1. The molecule has 11 nitrogen and oxygen atoms in total. The summed E-state index contributed by atoms with van der Waals surface area (Å²) >= 11 is 0. The summed E-state index contributed by atoms with van der Waals surface area (Å²) in [7, 11) is -3.64. The Balaban J connectivity index is 1.38. The molecule has 13 heteroatoms. The highest BCUT2D eigenvalue weighted by Crippen LogP contribution is 2.35. The van der Waals surface area contributed by atoms with Crippen molar-refractivity contribution in [2.24, 2.45) is 5.73 Å². The SMILES string of the molecule is CCCCC(=O)Nc1cncc(-c2ccc3[nH]nc(-c4cc5c(-c6cc(F)cc(C(N)S(C)(=O)=O)c6)ccnc5[nH]4)c3n2)c1. The molecule has 1 amide bonds. The maximum Gasteiger partial charge on any atom is 0.224 e. The van der Waals surface area contributed by atoms with E-state index in [4.69, 9.17) is 10.7 Å². The van der Waals surface area contributed by atoms with Crippen molar-refractivity contribution in [3.8, 4) is 33.8 Å². The van der Waals surface area contributed by atoms with E-state index >= 15 is 0 Å². The number of anilines is 1. The van der Waals surface area contributed by atoms with Crippen LogP contribution in [0.1, 0.15) is 37.1 Å². The molecular weight excluding hydrogens is 583 g/mol. The highest BCUT2D eigenvalue weighted by Gasteiger charge is 2.21. The fourth-order valence-electron chi connectivity index (χ4n) is 5.04. The molecule has 0 saturated heterocycles. The van der Waals surface area contributed by atoms with Crippen molar-refractivity contribution in [3.63, 3.8) is 0 Å². The van der Waals surface area contributed by atoms with Crippen LogP contribution in [0, 0.1) is 5.82 Å². The van der Waals surface area contributed by atoms with E-state index in [2.05, 4.69) is 30.5 Å². The van der Waals surface area contributed by atoms with E-state index in [1.165, 1.54) is 6.07 Å². The third kappa shape index (κ3) is 5.79. The number of pyridine rings is 3. The molecular formula is C31H29FN8O3S. The molecule has 6 rings (SSSR count). The lowest BCUT2D eigenvalue weighted by atomic mass is 10.0. The van der Waals surface area contributed by atoms with Crippen molar-refractivity contribution in [1.82, 2.24) is 30.1 Å². The highest BCUT2D eigenvalue weighted by molar-refractivity contribution is 7.90. The minimum absolute atomic E-state index is 0.0640. The van der Waals surface area contributed by atoms with Gasteiger partial charge in [0.05, 0.1) is 28.8 Å². The van der Waals surface area contributed by atoms with E-state index in [-0.39, 0.29) is 11.5 Å². The number of aromatic nitrogens is 6. The summed E-state index contributed by atoms with van der Waals surface area (Å²) in [6.45, 7) is 2.03. The number of amides is 1. The monoisotopic (exact) mass is 612 g/mol. The Morgan fingerprint density at radius 3 is 2.73 bits per heavy atom. The molecule has 1 aromatic carbocycles. The van der Waals surface area contributed by atoms with Gasteiger partial charge in [0.2, 0.25) is 5.91 Å². The van der Waals surface area contributed by atoms with Gasteiger partial charge in [0, 0.05) is 36.0 Å². The van der Waals surface area contributed by atoms with Crippen molar-refractivity contribution < 1.29 is 17.6 Å². The summed E-state index contributed by atoms with van der Waals surface area (Å²) < 4.78 is 38.8. The lowest BCUT2D eigenvalue weighted by Gasteiger charge is -2.12. The zero-order valence-electron chi connectivity index (χ0n) is 23.9. The van der Waals surface area contributed by atoms with Gasteiger partial charge in [-0.05, 0) is 71.6 Å². The number of aromatic amines is 2. The van der Waals surface area contributed by atoms with Gasteiger partial charge >= 0.3 is 0 Å². The van der Waals surface area contributed by atoms with Gasteiger partial charge in [0.25, 0.3) is 0 Å². The second kappa shape index (κ2) is 11.6. The molecule has 5 N–H and O–H groups in total. The largest absolute Gasteiger partial charge is 0.338 e. The smallest absolute Gasteiger partial charge is 0.224 e. The van der Waals surface area contributed by atoms with Crippen LogP contribution in [0.25, 0.3) is 55.8 Å². The Labute approximate surface area is 252 Å². The predicted octanol–water partition coefficient (Wildman–Crippen LogP) is 5.50. The number of sulfone groups is 1. The van der Waals surface area contributed by atoms with Crippen LogP contribution >= 0.6 is 0 Å². The van der Waals surface area contributed by atoms with Crippen LogP contribution in [-0.2, 0) is 14.6 Å². The molecule has 0 aliphatic carbocycles. The zero-order chi connectivity index (χ0) is 31.0. The van der Waals surface area contributed by atoms with Gasteiger partial charge in [-0.1, -0.05) is 13.3 Å². The summed E-state index contributed by atoms with van der Waals surface area (Å²) in [5.41, 5.74) is 12.1. The van der Waals surface area contributed by atoms with Crippen LogP contribution in [0.3, 0.4) is 0 Å². The number of H-pyrrole nitrogens is 2. The Morgan fingerprint density at radius 1 is 1.09 bits per heavy atom. The number of halogens is 1. The van der Waals surface area contributed by atoms with Crippen molar-refractivity contribution in [2.75, 3.05) is 11.6 Å². The van der Waals surface area contributed by atoms with Crippen LogP contribution in [0.15, 0.2) is 67.1 Å². The molecule has 6 aromatic rings. The van der Waals surface area contributed by atoms with E-state index in [9.17, 15) is 17.6 Å². The summed E-state index contributed by atoms with van der Waals surface area (Å²) in [5.74, 6) is -0.669. The van der Waals surface area contributed by atoms with Crippen molar-refractivity contribution in [2.45, 2.75) is 31.6 Å². The maximum atomic E-state index is 14.7. The fraction of sp³-hybridized carbons (Fsp3) is 0.194. The third-order valence-corrected chi connectivity index (χ3v) is 8.49. The average Bonchev–Trinajstić information content (AvgIpc) is 3.62. The van der Waals surface area contributed by atoms with Crippen molar-refractivity contribution >= 4 is 43.5 Å². The molecule has 1 atom stereocenters. The predicted molar refractivity (Wildman–Crippen MR) is 168 cm³/mol. The first-order valence-corrected chi connectivity index (χ1v) is 15.9. The first-order chi connectivity index (χ1) is 21.1. The molecule has 1 unspecified atom stereocenters. The molecule has 44 heavy (non-hydrogen) atoms. The minimum atomic E-state index is -3.64. The number of nitrogens with one attached hydrogen (secondary N) is 3. The topological polar surface area (TPSA) is 172 Å². The standard InChI is InChI=1S/C31H29FN8O3S/c1-3-4-5-27(41)36-21-13-19(15-34-16-21)24-6-7-25-28(37-24)29(40-39-25)26-14-23-22(8-9-35-31(23)38-26)17-10-18(12-20(32)11-17)30(33)44(2,42)43/h6-16,30H,3-5,33H2,1-2H3,(H,35,38)(H,36,41)(H,39,40). The van der Waals surface area contributed by atoms with Gasteiger partial charge in [0.15, 0.2) is 9.84 Å². The van der Waals surface area contributed by atoms with Crippen LogP contribution in [0.2, 0.25) is 0 Å². The molecule has 0 saturated carbocycles. The number of fused-ring (bicyclic) bond motifs is 2. The summed E-state index contributed by atoms with van der Waals surface area (Å²) in [4.78, 5) is 29.1. The summed E-state index contributed by atoms with van der Waals surface area (Å²) in [6, 6.07) is 13.1. The molecule has 224 valence electrons. The number of hydrogen-bond donors (Lipinski definition) is 4. The molecule has 0 radical (unpaired) electrons. The number of benzene rings is 1. The van der Waals surface area contributed by atoms with E-state index < -0.39 is 21.0 Å². The first-order valence-electron chi connectivity index (χ1n) is 13.9. The van der Waals surface area contributed by atoms with E-state index in [0.717, 1.165) is 30.7 Å². The van der Waals surface area contributed by atoms with Gasteiger partial charge < -0.3 is 16.0 Å². The zero-order valence-corrected chi connectivity index (χ0v) is 24.7. The number of nitrogens with zero attached hydrogens (tertiary/aromatic N) is 4. The first kappa shape index (κ1) is 29.1. The molecule has 0 bridgehead atoms. The van der Waals surface area contributed by atoms with Crippen LogP contribution in [-0.4, -0.2) is 50.7 Å². The Hall–Kier alpha value is -5.01. The quantitative estimate of drug-likeness (QED) is 0.166. The molecule has 5 aromatic heterocycles. The van der Waals surface area contributed by atoms with Gasteiger partial charge in [-0.3, -0.25) is 14.9 Å². The normalized spacial score (nSPS) is 12.5. The highest BCUT2D eigenvalue weighted by atomic mass is 32.2.